The molecule has 1 amide bonds. The zero-order chi connectivity index (χ0) is 19.4. The number of nitrogens with one attached hydrogen (secondary N) is 1. The Bertz CT molecular complexity index is 1000. The highest BCUT2D eigenvalue weighted by atomic mass is 35.5. The zero-order valence-corrected chi connectivity index (χ0v) is 15.7. The van der Waals surface area contributed by atoms with E-state index in [4.69, 9.17) is 11.6 Å². The second-order valence-electron chi connectivity index (χ2n) is 5.74. The third kappa shape index (κ3) is 4.96. The van der Waals surface area contributed by atoms with Gasteiger partial charge in [-0.2, -0.15) is 0 Å². The Hall–Kier alpha value is -2.64. The van der Waals surface area contributed by atoms with Crippen molar-refractivity contribution in [1.29, 1.82) is 0 Å². The predicted molar refractivity (Wildman–Crippen MR) is 102 cm³/mol. The molecule has 0 radical (unpaired) electrons. The summed E-state index contributed by atoms with van der Waals surface area (Å²) in [5, 5.41) is 10.8. The number of halogens is 3. The van der Waals surface area contributed by atoms with Gasteiger partial charge in [0.2, 0.25) is 5.01 Å². The number of hydrogen-bond acceptors (Lipinski definition) is 4. The Morgan fingerprint density at radius 2 is 1.85 bits per heavy atom. The molecule has 3 aromatic rings. The standard InChI is InChI=1S/C19H14ClF2N3OS/c1-11-2-4-12(5-3-11)10-23-17(26)19-25-24-18(27-19)15(20)9-13-8-14(21)6-7-16(13)22/h2-9H,10H2,1H3,(H,23,26)/b15-9-. The molecular formula is C19H14ClF2N3OS. The van der Waals surface area contributed by atoms with Crippen LogP contribution < -0.4 is 5.32 Å². The van der Waals surface area contributed by atoms with E-state index in [-0.39, 0.29) is 26.5 Å². The molecule has 1 heterocycles. The topological polar surface area (TPSA) is 54.9 Å². The normalized spacial score (nSPS) is 11.5. The van der Waals surface area contributed by atoms with Crippen molar-refractivity contribution in [2.24, 2.45) is 0 Å². The summed E-state index contributed by atoms with van der Waals surface area (Å²) in [4.78, 5) is 12.2. The van der Waals surface area contributed by atoms with Crippen LogP contribution in [0.3, 0.4) is 0 Å². The Kier molecular flexibility index (Phi) is 5.93. The van der Waals surface area contributed by atoms with Crippen molar-refractivity contribution in [3.8, 4) is 0 Å². The van der Waals surface area contributed by atoms with Crippen LogP contribution in [0.1, 0.15) is 31.5 Å². The molecule has 1 N–H and O–H groups in total. The molecule has 0 unspecified atom stereocenters. The van der Waals surface area contributed by atoms with Gasteiger partial charge in [-0.25, -0.2) is 8.78 Å². The summed E-state index contributed by atoms with van der Waals surface area (Å²) in [6.45, 7) is 2.34. The lowest BCUT2D eigenvalue weighted by Crippen LogP contribution is -2.22. The molecule has 0 aliphatic carbocycles. The Labute approximate surface area is 163 Å². The molecule has 27 heavy (non-hydrogen) atoms. The fourth-order valence-electron chi connectivity index (χ4n) is 2.20. The first-order valence-electron chi connectivity index (χ1n) is 7.92. The Morgan fingerprint density at radius 1 is 1.15 bits per heavy atom. The molecule has 0 aliphatic rings. The highest BCUT2D eigenvalue weighted by Gasteiger charge is 2.15. The van der Waals surface area contributed by atoms with Crippen molar-refractivity contribution in [2.75, 3.05) is 0 Å². The van der Waals surface area contributed by atoms with Crippen LogP contribution in [-0.4, -0.2) is 16.1 Å². The maximum atomic E-state index is 13.7. The number of carbonyl (C=O) groups excluding carboxylic acids is 1. The lowest BCUT2D eigenvalue weighted by Gasteiger charge is -2.03. The summed E-state index contributed by atoms with van der Waals surface area (Å²) in [7, 11) is 0. The Balaban J connectivity index is 1.69. The van der Waals surface area contributed by atoms with E-state index in [0.717, 1.165) is 40.7 Å². The number of carbonyl (C=O) groups is 1. The third-order valence-electron chi connectivity index (χ3n) is 3.64. The summed E-state index contributed by atoms with van der Waals surface area (Å²) < 4.78 is 26.9. The number of hydrogen-bond donors (Lipinski definition) is 1. The van der Waals surface area contributed by atoms with Gasteiger partial charge in [0.15, 0.2) is 5.01 Å². The maximum absolute atomic E-state index is 13.7. The first-order chi connectivity index (χ1) is 12.9. The molecule has 0 saturated carbocycles. The second-order valence-corrected chi connectivity index (χ2v) is 7.12. The van der Waals surface area contributed by atoms with Gasteiger partial charge >= 0.3 is 0 Å². The van der Waals surface area contributed by atoms with Crippen LogP contribution in [0.25, 0.3) is 11.1 Å². The summed E-state index contributed by atoms with van der Waals surface area (Å²) in [5.41, 5.74) is 2.08. The highest BCUT2D eigenvalue weighted by Crippen LogP contribution is 2.26. The maximum Gasteiger partial charge on any atom is 0.282 e. The van der Waals surface area contributed by atoms with Gasteiger partial charge in [-0.1, -0.05) is 52.8 Å². The molecule has 2 aromatic carbocycles. The van der Waals surface area contributed by atoms with Crippen LogP contribution in [0.15, 0.2) is 42.5 Å². The lowest BCUT2D eigenvalue weighted by molar-refractivity contribution is 0.0950. The fraction of sp³-hybridized carbons (Fsp3) is 0.105. The summed E-state index contributed by atoms with van der Waals surface area (Å²) >= 11 is 7.08. The van der Waals surface area contributed by atoms with Crippen molar-refractivity contribution in [3.05, 3.63) is 80.8 Å². The molecule has 0 aliphatic heterocycles. The quantitative estimate of drug-likeness (QED) is 0.663. The fourth-order valence-corrected chi connectivity index (χ4v) is 3.14. The Morgan fingerprint density at radius 3 is 2.59 bits per heavy atom. The van der Waals surface area contributed by atoms with Gasteiger partial charge in [-0.05, 0) is 36.8 Å². The number of aryl methyl sites for hydroxylation is 1. The monoisotopic (exact) mass is 405 g/mol. The molecule has 0 spiro atoms. The molecule has 0 saturated heterocycles. The molecule has 1 aromatic heterocycles. The highest BCUT2D eigenvalue weighted by molar-refractivity contribution is 7.15. The van der Waals surface area contributed by atoms with Gasteiger partial charge in [-0.15, -0.1) is 10.2 Å². The lowest BCUT2D eigenvalue weighted by atomic mass is 10.1. The van der Waals surface area contributed by atoms with E-state index < -0.39 is 11.6 Å². The van der Waals surface area contributed by atoms with Crippen LogP contribution in [0, 0.1) is 18.6 Å². The molecular weight excluding hydrogens is 392 g/mol. The van der Waals surface area contributed by atoms with Crippen LogP contribution in [-0.2, 0) is 6.54 Å². The SMILES string of the molecule is Cc1ccc(CNC(=O)c2nnc(/C(Cl)=C/c3cc(F)ccc3F)s2)cc1. The predicted octanol–water partition coefficient (Wildman–Crippen LogP) is 4.79. The van der Waals surface area contributed by atoms with Crippen molar-refractivity contribution in [2.45, 2.75) is 13.5 Å². The smallest absolute Gasteiger partial charge is 0.282 e. The summed E-state index contributed by atoms with van der Waals surface area (Å²) in [6, 6.07) is 10.8. The van der Waals surface area contributed by atoms with E-state index in [0.29, 0.717) is 6.54 Å². The molecule has 0 bridgehead atoms. The number of rotatable bonds is 5. The van der Waals surface area contributed by atoms with Gasteiger partial charge < -0.3 is 5.32 Å². The summed E-state index contributed by atoms with van der Waals surface area (Å²) in [5.74, 6) is -1.59. The molecule has 4 nitrogen and oxygen atoms in total. The van der Waals surface area contributed by atoms with E-state index in [1.54, 1.807) is 0 Å². The number of benzene rings is 2. The minimum Gasteiger partial charge on any atom is -0.346 e. The minimum atomic E-state index is -0.616. The molecule has 3 rings (SSSR count). The van der Waals surface area contributed by atoms with E-state index >= 15 is 0 Å². The van der Waals surface area contributed by atoms with E-state index in [1.807, 2.05) is 31.2 Å². The number of aromatic nitrogens is 2. The van der Waals surface area contributed by atoms with Crippen LogP contribution >= 0.6 is 22.9 Å². The number of nitrogens with zero attached hydrogens (tertiary/aromatic N) is 2. The van der Waals surface area contributed by atoms with Gasteiger partial charge in [-0.3, -0.25) is 4.79 Å². The third-order valence-corrected chi connectivity index (χ3v) is 4.99. The van der Waals surface area contributed by atoms with Crippen molar-refractivity contribution in [1.82, 2.24) is 15.5 Å². The average molecular weight is 406 g/mol. The van der Waals surface area contributed by atoms with Crippen LogP contribution in [0.2, 0.25) is 0 Å². The minimum absolute atomic E-state index is 0.0134. The van der Waals surface area contributed by atoms with E-state index in [9.17, 15) is 13.6 Å². The zero-order valence-electron chi connectivity index (χ0n) is 14.2. The van der Waals surface area contributed by atoms with E-state index in [1.165, 1.54) is 6.08 Å². The first kappa shape index (κ1) is 19.1. The molecule has 8 heteroatoms. The van der Waals surface area contributed by atoms with Crippen molar-refractivity contribution < 1.29 is 13.6 Å². The first-order valence-corrected chi connectivity index (χ1v) is 9.11. The molecule has 138 valence electrons. The molecule has 0 atom stereocenters. The summed E-state index contributed by atoms with van der Waals surface area (Å²) in [6.07, 6.45) is 1.24. The van der Waals surface area contributed by atoms with Gasteiger partial charge in [0.05, 0.1) is 5.03 Å². The number of amides is 1. The largest absolute Gasteiger partial charge is 0.346 e. The average Bonchev–Trinajstić information content (AvgIpc) is 3.14. The van der Waals surface area contributed by atoms with Crippen molar-refractivity contribution in [3.63, 3.8) is 0 Å². The van der Waals surface area contributed by atoms with Gasteiger partial charge in [0, 0.05) is 12.1 Å². The van der Waals surface area contributed by atoms with Crippen LogP contribution in [0.4, 0.5) is 8.78 Å². The van der Waals surface area contributed by atoms with Crippen LogP contribution in [0.5, 0.6) is 0 Å². The van der Waals surface area contributed by atoms with Gasteiger partial charge in [0.25, 0.3) is 5.91 Å². The van der Waals surface area contributed by atoms with Crippen molar-refractivity contribution >= 4 is 40.0 Å². The second kappa shape index (κ2) is 8.37. The molecule has 0 fully saturated rings. The van der Waals surface area contributed by atoms with E-state index in [2.05, 4.69) is 15.5 Å². The van der Waals surface area contributed by atoms with Gasteiger partial charge in [0.1, 0.15) is 11.6 Å².